The molecule has 0 bridgehead atoms. The van der Waals surface area contributed by atoms with E-state index in [-0.39, 0.29) is 5.56 Å². The van der Waals surface area contributed by atoms with Gasteiger partial charge in [-0.25, -0.2) is 19.6 Å². The van der Waals surface area contributed by atoms with Crippen LogP contribution in [0.5, 0.6) is 0 Å². The maximum absolute atomic E-state index is 11.9. The van der Waals surface area contributed by atoms with Crippen molar-refractivity contribution in [3.63, 3.8) is 0 Å². The second kappa shape index (κ2) is 6.42. The molecule has 2 heterocycles. The number of aromatic amines is 1. The van der Waals surface area contributed by atoms with Crippen molar-refractivity contribution in [2.45, 2.75) is 33.3 Å². The van der Waals surface area contributed by atoms with Crippen molar-refractivity contribution in [2.75, 3.05) is 5.32 Å². The van der Waals surface area contributed by atoms with Gasteiger partial charge >= 0.3 is 12.1 Å². The quantitative estimate of drug-likeness (QED) is 0.649. The second-order valence-corrected chi connectivity index (χ2v) is 7.21. The number of H-pyrrole nitrogens is 1. The van der Waals surface area contributed by atoms with E-state index in [1.54, 1.807) is 51.6 Å². The number of carboxylic acids is 1. The number of carbonyl (C=O) groups excluding carboxylic acids is 1. The number of carboxylic acid groups (broad SMARTS) is 1. The molecule has 0 aliphatic heterocycles. The number of imidazole rings is 2. The van der Waals surface area contributed by atoms with E-state index >= 15 is 0 Å². The van der Waals surface area contributed by atoms with Gasteiger partial charge in [-0.15, -0.1) is 0 Å². The first-order chi connectivity index (χ1) is 12.5. The largest absolute Gasteiger partial charge is 0.478 e. The lowest BCUT2D eigenvalue weighted by Gasteiger charge is -2.18. The van der Waals surface area contributed by atoms with Crippen LogP contribution in [0.15, 0.2) is 18.3 Å². The van der Waals surface area contributed by atoms with Crippen LogP contribution in [0.1, 0.15) is 36.7 Å². The summed E-state index contributed by atoms with van der Waals surface area (Å²) in [5.41, 5.74) is 1.43. The fourth-order valence-corrected chi connectivity index (χ4v) is 2.70. The first-order valence-corrected chi connectivity index (χ1v) is 8.31. The van der Waals surface area contributed by atoms with Crippen molar-refractivity contribution >= 4 is 28.9 Å². The molecule has 0 aliphatic carbocycles. The highest BCUT2D eigenvalue weighted by Crippen LogP contribution is 2.25. The Balaban J connectivity index is 1.93. The first-order valence-electron chi connectivity index (χ1n) is 8.31. The second-order valence-electron chi connectivity index (χ2n) is 7.21. The van der Waals surface area contributed by atoms with E-state index < -0.39 is 17.7 Å². The van der Waals surface area contributed by atoms with Gasteiger partial charge in [-0.3, -0.25) is 5.32 Å². The molecule has 2 aromatic heterocycles. The Morgan fingerprint density at radius 1 is 1.26 bits per heavy atom. The molecule has 0 saturated carbocycles. The van der Waals surface area contributed by atoms with Gasteiger partial charge in [0, 0.05) is 13.2 Å². The number of rotatable bonds is 3. The fourth-order valence-electron chi connectivity index (χ4n) is 2.70. The van der Waals surface area contributed by atoms with E-state index in [2.05, 4.69) is 20.3 Å². The average molecular weight is 371 g/mol. The van der Waals surface area contributed by atoms with Crippen LogP contribution in [0, 0.1) is 6.92 Å². The van der Waals surface area contributed by atoms with Gasteiger partial charge in [-0.05, 0) is 45.4 Å². The number of aryl methyl sites for hydroxylation is 2. The highest BCUT2D eigenvalue weighted by molar-refractivity contribution is 5.96. The van der Waals surface area contributed by atoms with Gasteiger partial charge in [0.1, 0.15) is 5.60 Å². The summed E-state index contributed by atoms with van der Waals surface area (Å²) in [6, 6.07) is 3.21. The Morgan fingerprint density at radius 3 is 2.59 bits per heavy atom. The Morgan fingerprint density at radius 2 is 1.96 bits per heavy atom. The molecule has 0 atom stereocenters. The van der Waals surface area contributed by atoms with Gasteiger partial charge < -0.3 is 19.4 Å². The van der Waals surface area contributed by atoms with Crippen LogP contribution >= 0.6 is 0 Å². The molecule has 0 fully saturated rings. The summed E-state index contributed by atoms with van der Waals surface area (Å²) in [5.74, 6) is 0.286. The van der Waals surface area contributed by atoms with Crippen molar-refractivity contribution in [1.82, 2.24) is 19.5 Å². The molecule has 3 rings (SSSR count). The summed E-state index contributed by atoms with van der Waals surface area (Å²) in [6.45, 7) is 7.04. The Bertz CT molecular complexity index is 1040. The Kier molecular flexibility index (Phi) is 4.38. The van der Waals surface area contributed by atoms with Gasteiger partial charge in [-0.2, -0.15) is 0 Å². The Labute approximate surface area is 155 Å². The van der Waals surface area contributed by atoms with Crippen LogP contribution in [0.3, 0.4) is 0 Å². The summed E-state index contributed by atoms with van der Waals surface area (Å²) in [4.78, 5) is 35.2. The number of aromatic nitrogens is 4. The molecule has 1 aromatic carbocycles. The summed E-state index contributed by atoms with van der Waals surface area (Å²) >= 11 is 0. The number of hydrogen-bond acceptors (Lipinski definition) is 5. The van der Waals surface area contributed by atoms with Gasteiger partial charge in [0.15, 0.2) is 17.5 Å². The molecule has 27 heavy (non-hydrogen) atoms. The number of carbonyl (C=O) groups is 2. The molecule has 9 heteroatoms. The fraction of sp³-hybridized carbons (Fsp3) is 0.333. The van der Waals surface area contributed by atoms with Crippen molar-refractivity contribution in [2.24, 2.45) is 7.05 Å². The van der Waals surface area contributed by atoms with Gasteiger partial charge in [0.25, 0.3) is 0 Å². The number of benzene rings is 1. The Hall–Kier alpha value is -3.36. The maximum Gasteiger partial charge on any atom is 0.413 e. The van der Waals surface area contributed by atoms with Crippen LogP contribution in [-0.4, -0.2) is 42.3 Å². The van der Waals surface area contributed by atoms with Gasteiger partial charge in [0.05, 0.1) is 16.6 Å². The summed E-state index contributed by atoms with van der Waals surface area (Å²) in [5, 5.41) is 11.8. The van der Waals surface area contributed by atoms with Crippen molar-refractivity contribution in [3.05, 3.63) is 29.5 Å². The number of amides is 1. The number of ether oxygens (including phenoxy) is 1. The van der Waals surface area contributed by atoms with Crippen LogP contribution in [0.4, 0.5) is 10.6 Å². The van der Waals surface area contributed by atoms with Crippen LogP contribution < -0.4 is 5.32 Å². The smallest absolute Gasteiger partial charge is 0.413 e. The molecular weight excluding hydrogens is 350 g/mol. The lowest BCUT2D eigenvalue weighted by molar-refractivity contribution is 0.0633. The molecule has 0 saturated heterocycles. The van der Waals surface area contributed by atoms with E-state index in [4.69, 9.17) is 4.74 Å². The van der Waals surface area contributed by atoms with Crippen molar-refractivity contribution in [3.8, 4) is 11.6 Å². The highest BCUT2D eigenvalue weighted by Gasteiger charge is 2.19. The average Bonchev–Trinajstić information content (AvgIpc) is 3.09. The molecule has 142 valence electrons. The monoisotopic (exact) mass is 371 g/mol. The molecule has 3 N–H and O–H groups in total. The van der Waals surface area contributed by atoms with Crippen molar-refractivity contribution < 1.29 is 19.4 Å². The third-order valence-electron chi connectivity index (χ3n) is 3.86. The highest BCUT2D eigenvalue weighted by atomic mass is 16.6. The number of nitrogens with zero attached hydrogens (tertiary/aromatic N) is 3. The van der Waals surface area contributed by atoms with E-state index in [1.165, 1.54) is 6.07 Å². The molecular formula is C18H21N5O4. The third kappa shape index (κ3) is 3.76. The zero-order chi connectivity index (χ0) is 19.9. The zero-order valence-electron chi connectivity index (χ0n) is 15.7. The molecule has 9 nitrogen and oxygen atoms in total. The minimum atomic E-state index is -1.00. The third-order valence-corrected chi connectivity index (χ3v) is 3.86. The predicted molar refractivity (Wildman–Crippen MR) is 99.8 cm³/mol. The van der Waals surface area contributed by atoms with Crippen LogP contribution in [0.25, 0.3) is 22.7 Å². The first kappa shape index (κ1) is 18.4. The number of fused-ring (bicyclic) bond motifs is 1. The number of hydrogen-bond donors (Lipinski definition) is 3. The van der Waals surface area contributed by atoms with E-state index in [9.17, 15) is 14.7 Å². The normalized spacial score (nSPS) is 11.6. The number of anilines is 1. The predicted octanol–water partition coefficient (Wildman–Crippen LogP) is 3.32. The van der Waals surface area contributed by atoms with E-state index in [0.717, 1.165) is 0 Å². The topological polar surface area (TPSA) is 122 Å². The molecule has 0 radical (unpaired) electrons. The molecule has 0 spiro atoms. The summed E-state index contributed by atoms with van der Waals surface area (Å²) < 4.78 is 6.92. The summed E-state index contributed by atoms with van der Waals surface area (Å²) in [6.07, 6.45) is 1.04. The lowest BCUT2D eigenvalue weighted by Crippen LogP contribution is -2.27. The maximum atomic E-state index is 11.9. The summed E-state index contributed by atoms with van der Waals surface area (Å²) in [7, 11) is 1.77. The molecule has 0 unspecified atom stereocenters. The van der Waals surface area contributed by atoms with Gasteiger partial charge in [0.2, 0.25) is 0 Å². The SMILES string of the molecule is Cc1c(C(=O)O)ccc2[nH]c(-c3nc(NC(=O)OC(C)(C)C)cn3C)nc12. The standard InChI is InChI=1S/C18H21N5O4/c1-9-10(16(24)25)6-7-11-13(9)22-14(19-11)15-20-12(8-23(15)5)21-17(26)27-18(2,3)4/h6-8H,1-5H3,(H,19,22)(H,21,26)(H,24,25). The van der Waals surface area contributed by atoms with Gasteiger partial charge in [-0.1, -0.05) is 0 Å². The van der Waals surface area contributed by atoms with Crippen LogP contribution in [-0.2, 0) is 11.8 Å². The lowest BCUT2D eigenvalue weighted by atomic mass is 10.1. The number of aromatic carboxylic acids is 1. The minimum Gasteiger partial charge on any atom is -0.478 e. The molecule has 1 amide bonds. The zero-order valence-corrected chi connectivity index (χ0v) is 15.7. The van der Waals surface area contributed by atoms with E-state index in [1.807, 2.05) is 0 Å². The molecule has 0 aliphatic rings. The molecule has 3 aromatic rings. The number of nitrogens with one attached hydrogen (secondary N) is 2. The van der Waals surface area contributed by atoms with Crippen LogP contribution in [0.2, 0.25) is 0 Å². The van der Waals surface area contributed by atoms with E-state index in [0.29, 0.717) is 34.1 Å². The van der Waals surface area contributed by atoms with Crippen molar-refractivity contribution in [1.29, 1.82) is 0 Å². The minimum absolute atomic E-state index is 0.202.